The van der Waals surface area contributed by atoms with E-state index in [1.54, 1.807) is 13.8 Å². The van der Waals surface area contributed by atoms with Crippen LogP contribution in [0.25, 0.3) is 0 Å². The summed E-state index contributed by atoms with van der Waals surface area (Å²) in [6.45, 7) is 5.51. The number of hydrogen-bond acceptors (Lipinski definition) is 1. The largest absolute Gasteiger partial charge is 0.342 e. The van der Waals surface area contributed by atoms with Crippen LogP contribution in [0.15, 0.2) is 0 Å². The summed E-state index contributed by atoms with van der Waals surface area (Å²) >= 11 is 5.65. The van der Waals surface area contributed by atoms with Crippen LogP contribution in [-0.2, 0) is 4.79 Å². The first-order valence-electron chi connectivity index (χ1n) is 4.31. The molecule has 0 saturated carbocycles. The highest BCUT2D eigenvalue weighted by Gasteiger charge is 2.27. The minimum absolute atomic E-state index is 0.0905. The van der Waals surface area contributed by atoms with Gasteiger partial charge in [-0.2, -0.15) is 0 Å². The van der Waals surface area contributed by atoms with Crippen molar-refractivity contribution in [3.05, 3.63) is 0 Å². The normalized spacial score (nSPS) is 13.2. The van der Waals surface area contributed by atoms with E-state index in [0.717, 1.165) is 6.42 Å². The summed E-state index contributed by atoms with van der Waals surface area (Å²) in [7, 11) is 0. The van der Waals surface area contributed by atoms with E-state index in [2.05, 4.69) is 11.2 Å². The van der Waals surface area contributed by atoms with Crippen molar-refractivity contribution in [3.8, 4) is 12.3 Å². The molecule has 0 aromatic carbocycles. The standard InChI is InChI=1S/C10H16ClNO/c1-5-8(6-2)12-9(13)10(3,4)7-11/h1,8H,6-7H2,2-4H3,(H,12,13). The molecule has 0 fully saturated rings. The van der Waals surface area contributed by atoms with Crippen LogP contribution in [0.4, 0.5) is 0 Å². The number of nitrogens with one attached hydrogen (secondary N) is 1. The Hall–Kier alpha value is -0.680. The van der Waals surface area contributed by atoms with E-state index in [9.17, 15) is 4.79 Å². The number of carbonyl (C=O) groups is 1. The number of hydrogen-bond donors (Lipinski definition) is 1. The van der Waals surface area contributed by atoms with Gasteiger partial charge < -0.3 is 5.32 Å². The zero-order valence-corrected chi connectivity index (χ0v) is 9.11. The van der Waals surface area contributed by atoms with E-state index in [4.69, 9.17) is 18.0 Å². The van der Waals surface area contributed by atoms with Gasteiger partial charge in [0.15, 0.2) is 0 Å². The lowest BCUT2D eigenvalue weighted by Crippen LogP contribution is -2.43. The van der Waals surface area contributed by atoms with Crippen LogP contribution in [0.5, 0.6) is 0 Å². The van der Waals surface area contributed by atoms with Crippen molar-refractivity contribution in [2.24, 2.45) is 5.41 Å². The Bertz CT molecular complexity index is 217. The van der Waals surface area contributed by atoms with Gasteiger partial charge in [0.2, 0.25) is 5.91 Å². The summed E-state index contributed by atoms with van der Waals surface area (Å²) in [4.78, 5) is 11.5. The van der Waals surface area contributed by atoms with E-state index in [1.165, 1.54) is 0 Å². The van der Waals surface area contributed by atoms with Gasteiger partial charge in [-0.05, 0) is 20.3 Å². The number of rotatable bonds is 4. The molecule has 1 atom stereocenters. The third-order valence-electron chi connectivity index (χ3n) is 1.86. The van der Waals surface area contributed by atoms with Crippen LogP contribution in [0.1, 0.15) is 27.2 Å². The average molecular weight is 202 g/mol. The number of amides is 1. The Morgan fingerprint density at radius 1 is 1.69 bits per heavy atom. The van der Waals surface area contributed by atoms with Crippen LogP contribution in [0.3, 0.4) is 0 Å². The Kier molecular flexibility index (Phi) is 4.87. The van der Waals surface area contributed by atoms with Gasteiger partial charge in [0.25, 0.3) is 0 Å². The maximum atomic E-state index is 11.5. The quantitative estimate of drug-likeness (QED) is 0.545. The smallest absolute Gasteiger partial charge is 0.227 e. The second-order valence-electron chi connectivity index (χ2n) is 3.62. The summed E-state index contributed by atoms with van der Waals surface area (Å²) < 4.78 is 0. The Labute approximate surface area is 85.0 Å². The molecular formula is C10H16ClNO. The minimum Gasteiger partial charge on any atom is -0.342 e. The van der Waals surface area contributed by atoms with Crippen LogP contribution >= 0.6 is 11.6 Å². The summed E-state index contributed by atoms with van der Waals surface area (Å²) in [6, 6.07) is -0.185. The van der Waals surface area contributed by atoms with Crippen LogP contribution in [-0.4, -0.2) is 17.8 Å². The molecule has 13 heavy (non-hydrogen) atoms. The molecule has 0 rings (SSSR count). The van der Waals surface area contributed by atoms with E-state index >= 15 is 0 Å². The number of terminal acetylenes is 1. The molecule has 0 heterocycles. The molecule has 74 valence electrons. The van der Waals surface area contributed by atoms with Crippen LogP contribution < -0.4 is 5.32 Å². The monoisotopic (exact) mass is 201 g/mol. The van der Waals surface area contributed by atoms with Gasteiger partial charge in [-0.25, -0.2) is 0 Å². The maximum absolute atomic E-state index is 11.5. The predicted octanol–water partition coefficient (Wildman–Crippen LogP) is 1.78. The highest BCUT2D eigenvalue weighted by Crippen LogP contribution is 2.17. The Balaban J connectivity index is 4.23. The molecule has 0 aliphatic rings. The van der Waals surface area contributed by atoms with Crippen molar-refractivity contribution in [2.75, 3.05) is 5.88 Å². The summed E-state index contributed by atoms with van der Waals surface area (Å²) in [5.41, 5.74) is -0.550. The van der Waals surface area contributed by atoms with Gasteiger partial charge in [-0.3, -0.25) is 4.79 Å². The summed E-state index contributed by atoms with van der Waals surface area (Å²) in [5, 5.41) is 2.75. The number of halogens is 1. The van der Waals surface area contributed by atoms with Crippen LogP contribution in [0, 0.1) is 17.8 Å². The van der Waals surface area contributed by atoms with E-state index in [0.29, 0.717) is 5.88 Å². The third-order valence-corrected chi connectivity index (χ3v) is 2.53. The lowest BCUT2D eigenvalue weighted by Gasteiger charge is -2.22. The van der Waals surface area contributed by atoms with Gasteiger partial charge >= 0.3 is 0 Å². The van der Waals surface area contributed by atoms with Gasteiger partial charge in [-0.1, -0.05) is 12.8 Å². The molecule has 0 radical (unpaired) electrons. The zero-order chi connectivity index (χ0) is 10.5. The SMILES string of the molecule is C#CC(CC)NC(=O)C(C)(C)CCl. The minimum atomic E-state index is -0.550. The molecular weight excluding hydrogens is 186 g/mol. The number of alkyl halides is 1. The van der Waals surface area contributed by atoms with Crippen molar-refractivity contribution in [3.63, 3.8) is 0 Å². The fourth-order valence-corrected chi connectivity index (χ4v) is 0.797. The first-order valence-corrected chi connectivity index (χ1v) is 4.84. The molecule has 0 aliphatic carbocycles. The second kappa shape index (κ2) is 5.14. The molecule has 1 amide bonds. The van der Waals surface area contributed by atoms with Crippen LogP contribution in [0.2, 0.25) is 0 Å². The average Bonchev–Trinajstić information content (AvgIpc) is 2.13. The molecule has 0 spiro atoms. The van der Waals surface area contributed by atoms with Gasteiger partial charge in [0.1, 0.15) is 0 Å². The molecule has 0 saturated heterocycles. The van der Waals surface area contributed by atoms with Crippen molar-refractivity contribution >= 4 is 17.5 Å². The molecule has 3 heteroatoms. The fourth-order valence-electron chi connectivity index (χ4n) is 0.676. The van der Waals surface area contributed by atoms with E-state index < -0.39 is 5.41 Å². The lowest BCUT2D eigenvalue weighted by atomic mass is 9.95. The van der Waals surface area contributed by atoms with E-state index in [-0.39, 0.29) is 11.9 Å². The Morgan fingerprint density at radius 3 is 2.54 bits per heavy atom. The summed E-state index contributed by atoms with van der Waals surface area (Å²) in [5.74, 6) is 2.70. The molecule has 0 bridgehead atoms. The molecule has 0 aromatic heterocycles. The second-order valence-corrected chi connectivity index (χ2v) is 3.89. The van der Waals surface area contributed by atoms with Gasteiger partial charge in [0.05, 0.1) is 11.5 Å². The van der Waals surface area contributed by atoms with E-state index in [1.807, 2.05) is 6.92 Å². The van der Waals surface area contributed by atoms with Crippen molar-refractivity contribution < 1.29 is 4.79 Å². The van der Waals surface area contributed by atoms with Gasteiger partial charge in [0, 0.05) is 5.88 Å². The third kappa shape index (κ3) is 3.69. The maximum Gasteiger partial charge on any atom is 0.227 e. The highest BCUT2D eigenvalue weighted by molar-refractivity contribution is 6.19. The first kappa shape index (κ1) is 12.3. The molecule has 0 aliphatic heterocycles. The topological polar surface area (TPSA) is 29.1 Å². The Morgan fingerprint density at radius 2 is 2.23 bits per heavy atom. The van der Waals surface area contributed by atoms with Crippen molar-refractivity contribution in [1.82, 2.24) is 5.32 Å². The highest BCUT2D eigenvalue weighted by atomic mass is 35.5. The van der Waals surface area contributed by atoms with Gasteiger partial charge in [-0.15, -0.1) is 18.0 Å². The summed E-state index contributed by atoms with van der Waals surface area (Å²) in [6.07, 6.45) is 5.96. The van der Waals surface area contributed by atoms with Crippen molar-refractivity contribution in [1.29, 1.82) is 0 Å². The van der Waals surface area contributed by atoms with Crippen molar-refractivity contribution in [2.45, 2.75) is 33.2 Å². The molecule has 1 N–H and O–H groups in total. The zero-order valence-electron chi connectivity index (χ0n) is 8.36. The molecule has 1 unspecified atom stereocenters. The fraction of sp³-hybridized carbons (Fsp3) is 0.700. The first-order chi connectivity index (χ1) is 5.97. The predicted molar refractivity (Wildman–Crippen MR) is 55.6 cm³/mol. The molecule has 2 nitrogen and oxygen atoms in total. The lowest BCUT2D eigenvalue weighted by molar-refractivity contribution is -0.128. The molecule has 0 aromatic rings. The number of carbonyl (C=O) groups excluding carboxylic acids is 1.